The summed E-state index contributed by atoms with van der Waals surface area (Å²) in [5.74, 6) is -0.355. The van der Waals surface area contributed by atoms with E-state index in [1.54, 1.807) is 6.92 Å². The molecule has 1 amide bonds. The Morgan fingerprint density at radius 1 is 1.65 bits per heavy atom. The van der Waals surface area contributed by atoms with Gasteiger partial charge in [0.2, 0.25) is 11.9 Å². The van der Waals surface area contributed by atoms with Crippen LogP contribution in [0.1, 0.15) is 6.92 Å². The third-order valence-electron chi connectivity index (χ3n) is 1.82. The molecule has 96 valence electrons. The van der Waals surface area contributed by atoms with E-state index in [1.165, 1.54) is 11.0 Å². The lowest BCUT2D eigenvalue weighted by Crippen LogP contribution is -2.39. The summed E-state index contributed by atoms with van der Waals surface area (Å²) in [7, 11) is -3.11. The highest BCUT2D eigenvalue weighted by Crippen LogP contribution is 1.92. The molecule has 1 heterocycles. The first-order valence-electron chi connectivity index (χ1n) is 4.88. The Kier molecular flexibility index (Phi) is 4.05. The maximum absolute atomic E-state index is 11.5. The zero-order chi connectivity index (χ0) is 13.1. The first-order valence-corrected chi connectivity index (χ1v) is 6.94. The minimum Gasteiger partial charge on any atom is -0.367 e. The fourth-order valence-corrected chi connectivity index (χ4v) is 2.34. The monoisotopic (exact) mass is 261 g/mol. The predicted octanol–water partition coefficient (Wildman–Crippen LogP) is -1.59. The summed E-state index contributed by atoms with van der Waals surface area (Å²) in [4.78, 5) is 15.1. The molecule has 0 saturated carbocycles. The van der Waals surface area contributed by atoms with Crippen LogP contribution in [-0.4, -0.2) is 47.1 Å². The number of hydrogen-bond donors (Lipinski definition) is 2. The highest BCUT2D eigenvalue weighted by atomic mass is 32.2. The van der Waals surface area contributed by atoms with Gasteiger partial charge in [-0.2, -0.15) is 0 Å². The molecule has 0 aliphatic heterocycles. The van der Waals surface area contributed by atoms with Crippen molar-refractivity contribution in [2.75, 3.05) is 17.7 Å². The van der Waals surface area contributed by atoms with Gasteiger partial charge in [0.25, 0.3) is 0 Å². The van der Waals surface area contributed by atoms with Gasteiger partial charge in [-0.3, -0.25) is 4.79 Å². The van der Waals surface area contributed by atoms with Crippen LogP contribution in [-0.2, 0) is 21.2 Å². The van der Waals surface area contributed by atoms with Crippen molar-refractivity contribution < 1.29 is 13.2 Å². The normalized spacial score (nSPS) is 13.3. The first kappa shape index (κ1) is 13.4. The summed E-state index contributed by atoms with van der Waals surface area (Å²) < 4.78 is 23.3. The van der Waals surface area contributed by atoms with Gasteiger partial charge in [0.05, 0.1) is 5.75 Å². The number of nitrogens with two attached hydrogens (primary N) is 1. The van der Waals surface area contributed by atoms with Crippen LogP contribution in [0.25, 0.3) is 0 Å². The van der Waals surface area contributed by atoms with Crippen molar-refractivity contribution in [3.8, 4) is 0 Å². The van der Waals surface area contributed by atoms with E-state index in [2.05, 4.69) is 15.4 Å². The van der Waals surface area contributed by atoms with E-state index in [0.29, 0.717) is 0 Å². The first-order chi connectivity index (χ1) is 7.76. The Hall–Kier alpha value is -1.64. The third-order valence-corrected chi connectivity index (χ3v) is 2.93. The number of carbonyl (C=O) groups excluding carboxylic acids is 1. The van der Waals surface area contributed by atoms with Gasteiger partial charge in [-0.05, 0) is 6.92 Å². The number of aromatic nitrogens is 3. The van der Waals surface area contributed by atoms with E-state index in [1.807, 2.05) is 0 Å². The number of carbonyl (C=O) groups is 1. The van der Waals surface area contributed by atoms with Crippen LogP contribution in [0.15, 0.2) is 6.33 Å². The highest BCUT2D eigenvalue weighted by molar-refractivity contribution is 7.90. The number of amides is 1. The molecule has 9 heteroatoms. The molecule has 0 aliphatic rings. The van der Waals surface area contributed by atoms with Gasteiger partial charge in [0.1, 0.15) is 22.7 Å². The van der Waals surface area contributed by atoms with Gasteiger partial charge in [0.15, 0.2) is 0 Å². The third kappa shape index (κ3) is 5.29. The Balaban J connectivity index is 2.45. The van der Waals surface area contributed by atoms with Crippen LogP contribution in [0, 0.1) is 0 Å². The van der Waals surface area contributed by atoms with Crippen molar-refractivity contribution in [2.24, 2.45) is 0 Å². The quantitative estimate of drug-likeness (QED) is 0.659. The van der Waals surface area contributed by atoms with Crippen molar-refractivity contribution in [3.05, 3.63) is 6.33 Å². The topological polar surface area (TPSA) is 120 Å². The van der Waals surface area contributed by atoms with Crippen molar-refractivity contribution in [1.29, 1.82) is 0 Å². The summed E-state index contributed by atoms with van der Waals surface area (Å²) in [6, 6.07) is -0.446. The highest BCUT2D eigenvalue weighted by Gasteiger charge is 2.13. The molecule has 1 unspecified atom stereocenters. The number of rotatable bonds is 5. The standard InChI is InChI=1S/C8H15N5O3S/c1-6(4-17(2,15)16)11-7(14)3-13-5-10-8(9)12-13/h5-6H,3-4H2,1-2H3,(H2,9,12)(H,11,14). The van der Waals surface area contributed by atoms with Gasteiger partial charge in [-0.25, -0.2) is 18.1 Å². The fraction of sp³-hybridized carbons (Fsp3) is 0.625. The molecule has 1 rings (SSSR count). The lowest BCUT2D eigenvalue weighted by atomic mass is 10.4. The summed E-state index contributed by atoms with van der Waals surface area (Å²) >= 11 is 0. The van der Waals surface area contributed by atoms with Crippen molar-refractivity contribution >= 4 is 21.7 Å². The molecule has 1 aromatic rings. The second-order valence-corrected chi connectivity index (χ2v) is 6.05. The average Bonchev–Trinajstić information content (AvgIpc) is 2.46. The van der Waals surface area contributed by atoms with Gasteiger partial charge in [0, 0.05) is 12.3 Å². The molecular weight excluding hydrogens is 246 g/mol. The molecule has 17 heavy (non-hydrogen) atoms. The second kappa shape index (κ2) is 5.13. The SMILES string of the molecule is CC(CS(C)(=O)=O)NC(=O)Cn1cnc(N)n1. The molecule has 0 fully saturated rings. The maximum atomic E-state index is 11.5. The summed E-state index contributed by atoms with van der Waals surface area (Å²) in [6.45, 7) is 1.58. The van der Waals surface area contributed by atoms with Crippen molar-refractivity contribution in [3.63, 3.8) is 0 Å². The van der Waals surface area contributed by atoms with Crippen LogP contribution in [0.2, 0.25) is 0 Å². The number of nitrogens with one attached hydrogen (secondary N) is 1. The Labute approximate surface area is 99.1 Å². The Morgan fingerprint density at radius 3 is 2.76 bits per heavy atom. The van der Waals surface area contributed by atoms with Crippen LogP contribution in [0.3, 0.4) is 0 Å². The second-order valence-electron chi connectivity index (χ2n) is 3.86. The summed E-state index contributed by atoms with van der Waals surface area (Å²) in [5, 5.41) is 6.28. The number of hydrogen-bond acceptors (Lipinski definition) is 6. The van der Waals surface area contributed by atoms with E-state index in [0.717, 1.165) is 6.26 Å². The van der Waals surface area contributed by atoms with E-state index < -0.39 is 15.9 Å². The van der Waals surface area contributed by atoms with E-state index in [-0.39, 0.29) is 24.2 Å². The lowest BCUT2D eigenvalue weighted by molar-refractivity contribution is -0.122. The lowest BCUT2D eigenvalue weighted by Gasteiger charge is -2.12. The minimum atomic E-state index is -3.11. The molecule has 0 aromatic carbocycles. The molecule has 0 radical (unpaired) electrons. The van der Waals surface area contributed by atoms with E-state index in [9.17, 15) is 13.2 Å². The molecule has 0 spiro atoms. The maximum Gasteiger partial charge on any atom is 0.242 e. The van der Waals surface area contributed by atoms with Crippen molar-refractivity contribution in [2.45, 2.75) is 19.5 Å². The molecule has 0 bridgehead atoms. The van der Waals surface area contributed by atoms with Gasteiger partial charge in [-0.15, -0.1) is 5.10 Å². The zero-order valence-electron chi connectivity index (χ0n) is 9.62. The molecule has 1 atom stereocenters. The average molecular weight is 261 g/mol. The molecule has 0 saturated heterocycles. The molecular formula is C8H15N5O3S. The largest absolute Gasteiger partial charge is 0.367 e. The predicted molar refractivity (Wildman–Crippen MR) is 61.7 cm³/mol. The molecule has 3 N–H and O–H groups in total. The van der Waals surface area contributed by atoms with Crippen LogP contribution in [0.5, 0.6) is 0 Å². The number of sulfone groups is 1. The number of nitrogen functional groups attached to an aromatic ring is 1. The number of nitrogens with zero attached hydrogens (tertiary/aromatic N) is 3. The summed E-state index contributed by atoms with van der Waals surface area (Å²) in [5.41, 5.74) is 5.28. The number of anilines is 1. The van der Waals surface area contributed by atoms with Gasteiger partial charge in [-0.1, -0.05) is 0 Å². The minimum absolute atomic E-state index is 0.0434. The van der Waals surface area contributed by atoms with Crippen molar-refractivity contribution in [1.82, 2.24) is 20.1 Å². The van der Waals surface area contributed by atoms with E-state index >= 15 is 0 Å². The smallest absolute Gasteiger partial charge is 0.242 e. The van der Waals surface area contributed by atoms with E-state index in [4.69, 9.17) is 5.73 Å². The van der Waals surface area contributed by atoms with Gasteiger partial charge >= 0.3 is 0 Å². The van der Waals surface area contributed by atoms with Gasteiger partial charge < -0.3 is 11.1 Å². The van der Waals surface area contributed by atoms with Crippen LogP contribution in [0.4, 0.5) is 5.95 Å². The fourth-order valence-electron chi connectivity index (χ4n) is 1.35. The summed E-state index contributed by atoms with van der Waals surface area (Å²) in [6.07, 6.45) is 2.45. The van der Waals surface area contributed by atoms with Crippen LogP contribution < -0.4 is 11.1 Å². The van der Waals surface area contributed by atoms with Crippen LogP contribution >= 0.6 is 0 Å². The molecule has 8 nitrogen and oxygen atoms in total. The molecule has 1 aromatic heterocycles. The Morgan fingerprint density at radius 2 is 2.29 bits per heavy atom. The Bertz CT molecular complexity index is 495. The zero-order valence-corrected chi connectivity index (χ0v) is 10.4. The molecule has 0 aliphatic carbocycles.